The molecule has 0 aliphatic carbocycles. The summed E-state index contributed by atoms with van der Waals surface area (Å²) in [5.41, 5.74) is 0. The molecule has 3 nitrogen and oxygen atoms in total. The Morgan fingerprint density at radius 3 is 2.79 bits per heavy atom. The fraction of sp³-hybridized carbons (Fsp3) is 1.00. The lowest BCUT2D eigenvalue weighted by molar-refractivity contribution is 0.0892. The van der Waals surface area contributed by atoms with E-state index in [-0.39, 0.29) is 0 Å². The van der Waals surface area contributed by atoms with Gasteiger partial charge in [0.1, 0.15) is 0 Å². The average Bonchev–Trinajstić information content (AvgIpc) is 2.47. The SMILES string of the molecule is CCC(C)C(CO)N1CCCNCC1. The lowest BCUT2D eigenvalue weighted by atomic mass is 9.98. The number of rotatable bonds is 4. The van der Waals surface area contributed by atoms with Crippen molar-refractivity contribution < 1.29 is 5.11 Å². The molecule has 2 unspecified atom stereocenters. The first-order valence-corrected chi connectivity index (χ1v) is 5.85. The van der Waals surface area contributed by atoms with Gasteiger partial charge < -0.3 is 10.4 Å². The van der Waals surface area contributed by atoms with Gasteiger partial charge in [0.15, 0.2) is 0 Å². The minimum Gasteiger partial charge on any atom is -0.395 e. The van der Waals surface area contributed by atoms with Gasteiger partial charge in [-0.2, -0.15) is 0 Å². The van der Waals surface area contributed by atoms with Gasteiger partial charge in [0, 0.05) is 19.1 Å². The minimum absolute atomic E-state index is 0.301. The van der Waals surface area contributed by atoms with Crippen molar-refractivity contribution in [1.82, 2.24) is 10.2 Å². The quantitative estimate of drug-likeness (QED) is 0.701. The van der Waals surface area contributed by atoms with Crippen molar-refractivity contribution in [2.75, 3.05) is 32.8 Å². The zero-order valence-electron chi connectivity index (χ0n) is 9.50. The maximum absolute atomic E-state index is 9.41. The molecule has 0 aromatic rings. The van der Waals surface area contributed by atoms with E-state index in [2.05, 4.69) is 24.1 Å². The van der Waals surface area contributed by atoms with Crippen molar-refractivity contribution >= 4 is 0 Å². The van der Waals surface area contributed by atoms with E-state index in [1.54, 1.807) is 0 Å². The fourth-order valence-corrected chi connectivity index (χ4v) is 2.13. The summed E-state index contributed by atoms with van der Waals surface area (Å²) in [6.45, 7) is 9.12. The normalized spacial score (nSPS) is 24.2. The highest BCUT2D eigenvalue weighted by Gasteiger charge is 2.22. The van der Waals surface area contributed by atoms with Gasteiger partial charge in [-0.15, -0.1) is 0 Å². The van der Waals surface area contributed by atoms with Gasteiger partial charge >= 0.3 is 0 Å². The van der Waals surface area contributed by atoms with Gasteiger partial charge in [-0.3, -0.25) is 4.90 Å². The monoisotopic (exact) mass is 200 g/mol. The van der Waals surface area contributed by atoms with Crippen molar-refractivity contribution in [3.8, 4) is 0 Å². The van der Waals surface area contributed by atoms with Gasteiger partial charge in [0.25, 0.3) is 0 Å². The van der Waals surface area contributed by atoms with Crippen LogP contribution in [0.5, 0.6) is 0 Å². The second-order valence-corrected chi connectivity index (χ2v) is 4.27. The van der Waals surface area contributed by atoms with Crippen molar-refractivity contribution in [2.45, 2.75) is 32.7 Å². The third-order valence-electron chi connectivity index (χ3n) is 3.33. The first-order chi connectivity index (χ1) is 6.79. The number of nitrogens with zero attached hydrogens (tertiary/aromatic N) is 1. The highest BCUT2D eigenvalue weighted by atomic mass is 16.3. The molecule has 0 amide bonds. The molecule has 1 fully saturated rings. The number of aliphatic hydroxyl groups excluding tert-OH is 1. The highest BCUT2D eigenvalue weighted by molar-refractivity contribution is 4.78. The van der Waals surface area contributed by atoms with E-state index in [4.69, 9.17) is 0 Å². The molecule has 0 aromatic heterocycles. The maximum atomic E-state index is 9.41. The van der Waals surface area contributed by atoms with Crippen LogP contribution < -0.4 is 5.32 Å². The molecule has 14 heavy (non-hydrogen) atoms. The molecule has 2 N–H and O–H groups in total. The van der Waals surface area contributed by atoms with Crippen molar-refractivity contribution in [3.05, 3.63) is 0 Å². The Kier molecular flexibility index (Phi) is 5.45. The molecule has 1 rings (SSSR count). The van der Waals surface area contributed by atoms with Gasteiger partial charge in [-0.05, 0) is 25.4 Å². The molecule has 1 heterocycles. The Morgan fingerprint density at radius 1 is 1.36 bits per heavy atom. The van der Waals surface area contributed by atoms with Gasteiger partial charge in [0.05, 0.1) is 6.61 Å². The number of aliphatic hydroxyl groups is 1. The van der Waals surface area contributed by atoms with Crippen LogP contribution in [0.3, 0.4) is 0 Å². The van der Waals surface area contributed by atoms with Crippen LogP contribution in [0.15, 0.2) is 0 Å². The summed E-state index contributed by atoms with van der Waals surface area (Å²) in [5.74, 6) is 0.595. The summed E-state index contributed by atoms with van der Waals surface area (Å²) in [6.07, 6.45) is 2.35. The highest BCUT2D eigenvalue weighted by Crippen LogP contribution is 2.15. The molecule has 0 bridgehead atoms. The van der Waals surface area contributed by atoms with E-state index in [1.807, 2.05) is 0 Å². The summed E-state index contributed by atoms with van der Waals surface area (Å²) in [6, 6.07) is 0.361. The van der Waals surface area contributed by atoms with Crippen LogP contribution in [0.1, 0.15) is 26.7 Å². The molecule has 0 aromatic carbocycles. The van der Waals surface area contributed by atoms with Crippen LogP contribution in [0.4, 0.5) is 0 Å². The molecular formula is C11H24N2O. The van der Waals surface area contributed by atoms with Crippen LogP contribution in [-0.2, 0) is 0 Å². The van der Waals surface area contributed by atoms with Gasteiger partial charge in [-0.25, -0.2) is 0 Å². The summed E-state index contributed by atoms with van der Waals surface area (Å²) in [4.78, 5) is 2.44. The van der Waals surface area contributed by atoms with Crippen molar-refractivity contribution in [3.63, 3.8) is 0 Å². The van der Waals surface area contributed by atoms with E-state index in [0.717, 1.165) is 32.6 Å². The predicted octanol–water partition coefficient (Wildman–Crippen LogP) is 0.689. The Morgan fingerprint density at radius 2 is 2.14 bits per heavy atom. The van der Waals surface area contributed by atoms with E-state index in [1.165, 1.54) is 6.42 Å². The maximum Gasteiger partial charge on any atom is 0.0589 e. The van der Waals surface area contributed by atoms with Crippen LogP contribution in [0.2, 0.25) is 0 Å². The second-order valence-electron chi connectivity index (χ2n) is 4.27. The molecule has 1 aliphatic heterocycles. The number of nitrogens with one attached hydrogen (secondary N) is 1. The summed E-state index contributed by atoms with van der Waals surface area (Å²) < 4.78 is 0. The van der Waals surface area contributed by atoms with Crippen LogP contribution in [0.25, 0.3) is 0 Å². The smallest absolute Gasteiger partial charge is 0.0589 e. The minimum atomic E-state index is 0.301. The molecule has 3 heteroatoms. The molecule has 0 saturated carbocycles. The summed E-state index contributed by atoms with van der Waals surface area (Å²) in [7, 11) is 0. The Balaban J connectivity index is 2.48. The summed E-state index contributed by atoms with van der Waals surface area (Å²) >= 11 is 0. The number of hydrogen-bond donors (Lipinski definition) is 2. The summed E-state index contributed by atoms with van der Waals surface area (Å²) in [5, 5.41) is 12.8. The third-order valence-corrected chi connectivity index (χ3v) is 3.33. The van der Waals surface area contributed by atoms with Gasteiger partial charge in [-0.1, -0.05) is 20.3 Å². The molecule has 0 spiro atoms. The predicted molar refractivity (Wildman–Crippen MR) is 59.4 cm³/mol. The lowest BCUT2D eigenvalue weighted by Crippen LogP contribution is -2.44. The van der Waals surface area contributed by atoms with E-state index in [9.17, 15) is 5.11 Å². The third kappa shape index (κ3) is 3.23. The van der Waals surface area contributed by atoms with Crippen molar-refractivity contribution in [1.29, 1.82) is 0 Å². The van der Waals surface area contributed by atoms with Crippen molar-refractivity contribution in [2.24, 2.45) is 5.92 Å². The lowest BCUT2D eigenvalue weighted by Gasteiger charge is -2.33. The Hall–Kier alpha value is -0.120. The zero-order valence-corrected chi connectivity index (χ0v) is 9.50. The van der Waals surface area contributed by atoms with Crippen LogP contribution in [-0.4, -0.2) is 48.8 Å². The Labute approximate surface area is 87.5 Å². The standard InChI is InChI=1S/C11H24N2O/c1-3-10(2)11(9-14)13-7-4-5-12-6-8-13/h10-12,14H,3-9H2,1-2H3. The topological polar surface area (TPSA) is 35.5 Å². The molecular weight excluding hydrogens is 176 g/mol. The largest absolute Gasteiger partial charge is 0.395 e. The molecule has 1 saturated heterocycles. The fourth-order valence-electron chi connectivity index (χ4n) is 2.13. The molecule has 1 aliphatic rings. The molecule has 2 atom stereocenters. The molecule has 0 radical (unpaired) electrons. The number of hydrogen-bond acceptors (Lipinski definition) is 3. The first-order valence-electron chi connectivity index (χ1n) is 5.85. The van der Waals surface area contributed by atoms with Crippen LogP contribution >= 0.6 is 0 Å². The van der Waals surface area contributed by atoms with E-state index in [0.29, 0.717) is 18.6 Å². The van der Waals surface area contributed by atoms with E-state index >= 15 is 0 Å². The Bertz CT molecular complexity index is 144. The van der Waals surface area contributed by atoms with E-state index < -0.39 is 0 Å². The van der Waals surface area contributed by atoms with Crippen LogP contribution in [0, 0.1) is 5.92 Å². The zero-order chi connectivity index (χ0) is 10.4. The average molecular weight is 200 g/mol. The molecule has 84 valence electrons. The van der Waals surface area contributed by atoms with Gasteiger partial charge in [0.2, 0.25) is 0 Å². The first kappa shape index (κ1) is 12.0. The second kappa shape index (κ2) is 6.38.